The Bertz CT molecular complexity index is 939. The Balaban J connectivity index is 1.57. The van der Waals surface area contributed by atoms with Gasteiger partial charge >= 0.3 is 12.0 Å². The summed E-state index contributed by atoms with van der Waals surface area (Å²) in [5, 5.41) is 15.9. The maximum Gasteiger partial charge on any atom is 0.344 e. The molecule has 0 atom stereocenters. The van der Waals surface area contributed by atoms with Crippen LogP contribution in [0.2, 0.25) is 5.02 Å². The summed E-state index contributed by atoms with van der Waals surface area (Å²) >= 11 is 6.00. The molecule has 160 valence electrons. The smallest absolute Gasteiger partial charge is 0.344 e. The number of aliphatic carboxylic acids is 1. The molecular formula is C19H22ClN5O5. The van der Waals surface area contributed by atoms with Gasteiger partial charge in [-0.1, -0.05) is 17.7 Å². The Morgan fingerprint density at radius 1 is 1.20 bits per heavy atom. The van der Waals surface area contributed by atoms with E-state index in [0.29, 0.717) is 49.3 Å². The second kappa shape index (κ2) is 9.59. The topological polar surface area (TPSA) is 117 Å². The third kappa shape index (κ3) is 5.71. The number of rotatable bonds is 6. The summed E-state index contributed by atoms with van der Waals surface area (Å²) in [4.78, 5) is 38.3. The fourth-order valence-corrected chi connectivity index (χ4v) is 3.26. The van der Waals surface area contributed by atoms with E-state index in [9.17, 15) is 14.4 Å². The van der Waals surface area contributed by atoms with Crippen LogP contribution >= 0.6 is 11.6 Å². The minimum atomic E-state index is -1.06. The van der Waals surface area contributed by atoms with Gasteiger partial charge in [-0.15, -0.1) is 5.10 Å². The molecule has 2 heterocycles. The number of carboxylic acid groups (broad SMARTS) is 1. The zero-order valence-corrected chi connectivity index (χ0v) is 17.1. The van der Waals surface area contributed by atoms with E-state index in [1.54, 1.807) is 23.1 Å². The highest BCUT2D eigenvalue weighted by Crippen LogP contribution is 2.25. The van der Waals surface area contributed by atoms with Gasteiger partial charge in [0, 0.05) is 62.5 Å². The molecule has 1 fully saturated rings. The van der Waals surface area contributed by atoms with Crippen molar-refractivity contribution in [1.29, 1.82) is 0 Å². The molecule has 0 spiro atoms. The van der Waals surface area contributed by atoms with E-state index in [1.165, 1.54) is 17.8 Å². The van der Waals surface area contributed by atoms with Gasteiger partial charge in [-0.2, -0.15) is 4.68 Å². The molecule has 1 aromatic heterocycles. The number of carboxylic acids is 1. The maximum atomic E-state index is 12.6. The molecule has 2 aromatic rings. The van der Waals surface area contributed by atoms with E-state index in [-0.39, 0.29) is 11.9 Å². The Labute approximate surface area is 178 Å². The molecule has 2 amide bonds. The minimum Gasteiger partial charge on any atom is -0.482 e. The van der Waals surface area contributed by atoms with Crippen LogP contribution in [-0.4, -0.2) is 75.4 Å². The first kappa shape index (κ1) is 21.6. The van der Waals surface area contributed by atoms with Crippen molar-refractivity contribution < 1.29 is 24.2 Å². The van der Waals surface area contributed by atoms with Crippen molar-refractivity contribution in [2.75, 3.05) is 38.1 Å². The molecule has 10 nitrogen and oxygen atoms in total. The van der Waals surface area contributed by atoms with Gasteiger partial charge in [0.25, 0.3) is 0 Å². The van der Waals surface area contributed by atoms with Gasteiger partial charge in [0.05, 0.1) is 0 Å². The highest BCUT2D eigenvalue weighted by atomic mass is 35.5. The first-order valence-corrected chi connectivity index (χ1v) is 9.67. The third-order valence-electron chi connectivity index (χ3n) is 4.51. The van der Waals surface area contributed by atoms with Gasteiger partial charge < -0.3 is 20.1 Å². The van der Waals surface area contributed by atoms with Gasteiger partial charge in [-0.3, -0.25) is 9.69 Å². The molecule has 0 unspecified atom stereocenters. The summed E-state index contributed by atoms with van der Waals surface area (Å²) in [7, 11) is 0. The quantitative estimate of drug-likeness (QED) is 0.709. The van der Waals surface area contributed by atoms with Crippen LogP contribution in [0, 0.1) is 0 Å². The second-order valence-electron chi connectivity index (χ2n) is 6.81. The number of nitrogens with one attached hydrogen (secondary N) is 1. The Kier molecular flexibility index (Phi) is 6.91. The molecule has 1 aliphatic rings. The Hall–Kier alpha value is -3.11. The van der Waals surface area contributed by atoms with Gasteiger partial charge in [-0.05, 0) is 12.1 Å². The first-order valence-electron chi connectivity index (χ1n) is 9.30. The summed E-state index contributed by atoms with van der Waals surface area (Å²) in [6.07, 6.45) is 1.51. The molecule has 3 rings (SSSR count). The summed E-state index contributed by atoms with van der Waals surface area (Å²) in [6, 6.07) is 6.45. The van der Waals surface area contributed by atoms with Gasteiger partial charge in [0.1, 0.15) is 5.75 Å². The van der Waals surface area contributed by atoms with E-state index in [2.05, 4.69) is 15.3 Å². The molecule has 11 heteroatoms. The summed E-state index contributed by atoms with van der Waals surface area (Å²) < 4.78 is 6.56. The molecule has 1 saturated heterocycles. The summed E-state index contributed by atoms with van der Waals surface area (Å²) in [6.45, 7) is 3.75. The number of carbonyl (C=O) groups is 3. The van der Waals surface area contributed by atoms with Crippen LogP contribution in [-0.2, 0) is 16.1 Å². The number of ether oxygens (including phenoxy) is 1. The predicted octanol–water partition coefficient (Wildman–Crippen LogP) is 1.74. The van der Waals surface area contributed by atoms with E-state index in [4.69, 9.17) is 21.4 Å². The molecular weight excluding hydrogens is 414 g/mol. The normalized spacial score (nSPS) is 14.4. The Morgan fingerprint density at radius 2 is 1.93 bits per heavy atom. The minimum absolute atomic E-state index is 0.254. The molecule has 30 heavy (non-hydrogen) atoms. The predicted molar refractivity (Wildman–Crippen MR) is 109 cm³/mol. The van der Waals surface area contributed by atoms with Crippen molar-refractivity contribution in [2.24, 2.45) is 0 Å². The van der Waals surface area contributed by atoms with Crippen LogP contribution in [0.5, 0.6) is 5.75 Å². The lowest BCUT2D eigenvalue weighted by Gasteiger charge is -2.34. The lowest BCUT2D eigenvalue weighted by Crippen LogP contribution is -2.49. The van der Waals surface area contributed by atoms with Crippen LogP contribution in [0.25, 0.3) is 0 Å². The van der Waals surface area contributed by atoms with E-state index >= 15 is 0 Å². The number of halogens is 1. The standard InChI is InChI=1S/C19H22ClN5O5/c1-13(26)21-17-4-5-25(22-17)19(29)24-8-6-23(7-9-24)11-14-2-3-15(20)10-16(14)30-12-18(27)28/h2-5,10H,6-9,11-12H2,1H3,(H,27,28)(H,21,22,26). The number of hydrogen-bond acceptors (Lipinski definition) is 6. The fourth-order valence-electron chi connectivity index (χ4n) is 3.09. The zero-order valence-electron chi connectivity index (χ0n) is 16.4. The number of aromatic nitrogens is 2. The second-order valence-corrected chi connectivity index (χ2v) is 7.24. The monoisotopic (exact) mass is 435 g/mol. The number of carbonyl (C=O) groups excluding carboxylic acids is 2. The molecule has 0 bridgehead atoms. The maximum absolute atomic E-state index is 12.6. The molecule has 1 aliphatic heterocycles. The molecule has 0 radical (unpaired) electrons. The highest BCUT2D eigenvalue weighted by Gasteiger charge is 2.23. The van der Waals surface area contributed by atoms with E-state index < -0.39 is 12.6 Å². The van der Waals surface area contributed by atoms with Crippen LogP contribution in [0.1, 0.15) is 12.5 Å². The van der Waals surface area contributed by atoms with Crippen molar-refractivity contribution in [1.82, 2.24) is 19.6 Å². The van der Waals surface area contributed by atoms with Crippen molar-refractivity contribution in [3.8, 4) is 5.75 Å². The van der Waals surface area contributed by atoms with Crippen molar-refractivity contribution in [3.05, 3.63) is 41.0 Å². The van der Waals surface area contributed by atoms with E-state index in [1.807, 2.05) is 6.07 Å². The van der Waals surface area contributed by atoms with Gasteiger partial charge in [0.2, 0.25) is 5.91 Å². The van der Waals surface area contributed by atoms with Gasteiger partial charge in [0.15, 0.2) is 12.4 Å². The van der Waals surface area contributed by atoms with Crippen molar-refractivity contribution >= 4 is 35.3 Å². The molecule has 0 aliphatic carbocycles. The average Bonchev–Trinajstić information content (AvgIpc) is 3.16. The molecule has 1 aromatic carbocycles. The van der Waals surface area contributed by atoms with Crippen LogP contribution in [0.4, 0.5) is 10.6 Å². The van der Waals surface area contributed by atoms with Crippen molar-refractivity contribution in [3.63, 3.8) is 0 Å². The van der Waals surface area contributed by atoms with Crippen LogP contribution in [0.15, 0.2) is 30.5 Å². The number of amides is 2. The highest BCUT2D eigenvalue weighted by molar-refractivity contribution is 6.30. The van der Waals surface area contributed by atoms with E-state index in [0.717, 1.165) is 5.56 Å². The fraction of sp³-hybridized carbons (Fsp3) is 0.368. The number of anilines is 1. The average molecular weight is 436 g/mol. The zero-order chi connectivity index (χ0) is 21.7. The molecule has 2 N–H and O–H groups in total. The summed E-state index contributed by atoms with van der Waals surface area (Å²) in [5.74, 6) is -0.555. The van der Waals surface area contributed by atoms with Crippen LogP contribution < -0.4 is 10.1 Å². The summed E-state index contributed by atoms with van der Waals surface area (Å²) in [5.41, 5.74) is 0.826. The number of nitrogens with zero attached hydrogens (tertiary/aromatic N) is 4. The lowest BCUT2D eigenvalue weighted by atomic mass is 10.1. The van der Waals surface area contributed by atoms with Crippen molar-refractivity contribution in [2.45, 2.75) is 13.5 Å². The van der Waals surface area contributed by atoms with Gasteiger partial charge in [-0.25, -0.2) is 9.59 Å². The number of benzene rings is 1. The van der Waals surface area contributed by atoms with Crippen LogP contribution in [0.3, 0.4) is 0 Å². The SMILES string of the molecule is CC(=O)Nc1ccn(C(=O)N2CCN(Cc3ccc(Cl)cc3OCC(=O)O)CC2)n1. The first-order chi connectivity index (χ1) is 14.3. The number of piperazine rings is 1. The third-order valence-corrected chi connectivity index (χ3v) is 4.74. The number of hydrogen-bond donors (Lipinski definition) is 2. The molecule has 0 saturated carbocycles. The Morgan fingerprint density at radius 3 is 2.60 bits per heavy atom. The largest absolute Gasteiger partial charge is 0.482 e. The lowest BCUT2D eigenvalue weighted by molar-refractivity contribution is -0.139.